The number of amides is 1. The number of carboxylic acid groups (broad SMARTS) is 1. The lowest BCUT2D eigenvalue weighted by molar-refractivity contribution is -0.133. The molecule has 3 rings (SSSR count). The van der Waals surface area contributed by atoms with Gasteiger partial charge in [-0.15, -0.1) is 11.3 Å². The second kappa shape index (κ2) is 8.93. The van der Waals surface area contributed by atoms with Gasteiger partial charge in [0.15, 0.2) is 0 Å². The lowest BCUT2D eigenvalue weighted by atomic mass is 10.1. The monoisotopic (exact) mass is 420 g/mol. The lowest BCUT2D eigenvalue weighted by Gasteiger charge is -2.36. The fourth-order valence-electron chi connectivity index (χ4n) is 3.67. The quantitative estimate of drug-likeness (QED) is 0.514. The van der Waals surface area contributed by atoms with Gasteiger partial charge < -0.3 is 32.1 Å². The minimum absolute atomic E-state index is 0.0673. The third-order valence-corrected chi connectivity index (χ3v) is 6.28. The molecule has 1 amide bonds. The van der Waals surface area contributed by atoms with E-state index in [9.17, 15) is 14.7 Å². The number of hydrogen-bond acceptors (Lipinski definition) is 8. The van der Waals surface area contributed by atoms with Crippen molar-refractivity contribution in [2.75, 3.05) is 43.4 Å². The number of nitrogens with two attached hydrogens (primary N) is 3. The molecule has 2 aromatic rings. The standard InChI is InChI=1S/C19H28N6O3S/c1-2-3-11-10-13(23-17-14(11)15(22)16(29-17)19(27)28)24-6-8-25(9-7-24)18(26)12(21)4-5-20/h10,12H,2-9,20-22H2,1H3,(H,27,28). The summed E-state index contributed by atoms with van der Waals surface area (Å²) in [7, 11) is 0. The second-order valence-corrected chi connectivity index (χ2v) is 8.21. The van der Waals surface area contributed by atoms with Gasteiger partial charge in [-0.05, 0) is 31.0 Å². The van der Waals surface area contributed by atoms with Crippen molar-refractivity contribution in [3.05, 3.63) is 16.5 Å². The number of hydrogen-bond donors (Lipinski definition) is 4. The van der Waals surface area contributed by atoms with Crippen LogP contribution >= 0.6 is 11.3 Å². The van der Waals surface area contributed by atoms with Gasteiger partial charge in [0.05, 0.1) is 11.7 Å². The zero-order valence-electron chi connectivity index (χ0n) is 16.6. The Morgan fingerprint density at radius 1 is 1.31 bits per heavy atom. The molecular formula is C19H28N6O3S. The number of aromatic nitrogens is 1. The van der Waals surface area contributed by atoms with Gasteiger partial charge in [0.1, 0.15) is 15.5 Å². The van der Waals surface area contributed by atoms with Crippen LogP contribution in [0.3, 0.4) is 0 Å². The van der Waals surface area contributed by atoms with E-state index in [2.05, 4.69) is 11.8 Å². The molecule has 9 nitrogen and oxygen atoms in total. The maximum Gasteiger partial charge on any atom is 0.348 e. The molecule has 0 bridgehead atoms. The molecule has 0 spiro atoms. The summed E-state index contributed by atoms with van der Waals surface area (Å²) >= 11 is 1.11. The van der Waals surface area contributed by atoms with E-state index in [1.165, 1.54) is 0 Å². The number of pyridine rings is 1. The number of piperazine rings is 1. The number of anilines is 2. The molecule has 2 aromatic heterocycles. The van der Waals surface area contributed by atoms with Crippen molar-refractivity contribution in [3.63, 3.8) is 0 Å². The van der Waals surface area contributed by atoms with Gasteiger partial charge >= 0.3 is 5.97 Å². The molecule has 0 aromatic carbocycles. The van der Waals surface area contributed by atoms with Gasteiger partial charge in [-0.2, -0.15) is 0 Å². The van der Waals surface area contributed by atoms with Crippen LogP contribution in [0.25, 0.3) is 10.2 Å². The third kappa shape index (κ3) is 4.29. The summed E-state index contributed by atoms with van der Waals surface area (Å²) in [6.45, 7) is 4.86. The molecule has 1 aliphatic heterocycles. The summed E-state index contributed by atoms with van der Waals surface area (Å²) in [6, 6.07) is 1.44. The fraction of sp³-hybridized carbons (Fsp3) is 0.526. The number of aromatic carboxylic acids is 1. The Bertz CT molecular complexity index is 907. The van der Waals surface area contributed by atoms with Gasteiger partial charge in [-0.3, -0.25) is 4.79 Å². The van der Waals surface area contributed by atoms with Crippen LogP contribution in [0.5, 0.6) is 0 Å². The van der Waals surface area contributed by atoms with Crippen molar-refractivity contribution in [2.45, 2.75) is 32.2 Å². The summed E-state index contributed by atoms with van der Waals surface area (Å²) in [4.78, 5) is 33.2. The van der Waals surface area contributed by atoms with E-state index in [4.69, 9.17) is 22.2 Å². The number of nitrogens with zero attached hydrogens (tertiary/aromatic N) is 3. The van der Waals surface area contributed by atoms with Gasteiger partial charge in [-0.25, -0.2) is 9.78 Å². The summed E-state index contributed by atoms with van der Waals surface area (Å²) in [5.41, 5.74) is 18.8. The van der Waals surface area contributed by atoms with Crippen LogP contribution in [0.4, 0.5) is 11.5 Å². The number of carbonyl (C=O) groups is 2. The molecule has 3 heterocycles. The summed E-state index contributed by atoms with van der Waals surface area (Å²) in [5.74, 6) is -0.310. The number of fused-ring (bicyclic) bond motifs is 1. The van der Waals surface area contributed by atoms with Gasteiger partial charge in [0, 0.05) is 31.6 Å². The second-order valence-electron chi connectivity index (χ2n) is 7.22. The van der Waals surface area contributed by atoms with Crippen LogP contribution in [0.2, 0.25) is 0 Å². The van der Waals surface area contributed by atoms with Crippen LogP contribution < -0.4 is 22.1 Å². The van der Waals surface area contributed by atoms with E-state index in [0.29, 0.717) is 49.7 Å². The lowest BCUT2D eigenvalue weighted by Crippen LogP contribution is -2.53. The van der Waals surface area contributed by atoms with Crippen molar-refractivity contribution in [2.24, 2.45) is 11.5 Å². The van der Waals surface area contributed by atoms with Crippen molar-refractivity contribution in [3.8, 4) is 0 Å². The summed E-state index contributed by atoms with van der Waals surface area (Å²) in [5, 5.41) is 10.2. The summed E-state index contributed by atoms with van der Waals surface area (Å²) < 4.78 is 0. The number of thiophene rings is 1. The number of aryl methyl sites for hydroxylation is 1. The highest BCUT2D eigenvalue weighted by Gasteiger charge is 2.27. The molecule has 158 valence electrons. The predicted molar refractivity (Wildman–Crippen MR) is 115 cm³/mol. The molecule has 1 unspecified atom stereocenters. The molecular weight excluding hydrogens is 392 g/mol. The highest BCUT2D eigenvalue weighted by atomic mass is 32.1. The topological polar surface area (TPSA) is 152 Å². The van der Waals surface area contributed by atoms with Crippen molar-refractivity contribution in [1.82, 2.24) is 9.88 Å². The zero-order chi connectivity index (χ0) is 21.1. The van der Waals surface area contributed by atoms with Crippen LogP contribution in [-0.2, 0) is 11.2 Å². The Morgan fingerprint density at radius 2 is 2.00 bits per heavy atom. The van der Waals surface area contributed by atoms with E-state index in [-0.39, 0.29) is 10.8 Å². The Hall–Kier alpha value is -2.43. The van der Waals surface area contributed by atoms with Crippen LogP contribution in [0.1, 0.15) is 35.0 Å². The highest BCUT2D eigenvalue weighted by molar-refractivity contribution is 7.21. The average molecular weight is 421 g/mol. The SMILES string of the molecule is CCCc1cc(N2CCN(C(=O)C(N)CCN)CC2)nc2sc(C(=O)O)c(N)c12. The van der Waals surface area contributed by atoms with Gasteiger partial charge in [0.2, 0.25) is 5.91 Å². The largest absolute Gasteiger partial charge is 0.477 e. The van der Waals surface area contributed by atoms with E-state index in [1.54, 1.807) is 4.90 Å². The van der Waals surface area contributed by atoms with Crippen molar-refractivity contribution in [1.29, 1.82) is 0 Å². The smallest absolute Gasteiger partial charge is 0.348 e. The van der Waals surface area contributed by atoms with Crippen molar-refractivity contribution >= 4 is 44.9 Å². The molecule has 7 N–H and O–H groups in total. The molecule has 1 fully saturated rings. The maximum atomic E-state index is 12.4. The number of carboxylic acids is 1. The van der Waals surface area contributed by atoms with Crippen LogP contribution in [0, 0.1) is 0 Å². The number of carbonyl (C=O) groups excluding carboxylic acids is 1. The minimum Gasteiger partial charge on any atom is -0.477 e. The molecule has 0 radical (unpaired) electrons. The van der Waals surface area contributed by atoms with E-state index >= 15 is 0 Å². The first-order valence-electron chi connectivity index (χ1n) is 9.81. The first-order chi connectivity index (χ1) is 13.9. The van der Waals surface area contributed by atoms with E-state index < -0.39 is 12.0 Å². The molecule has 0 aliphatic carbocycles. The molecule has 29 heavy (non-hydrogen) atoms. The fourth-order valence-corrected chi connectivity index (χ4v) is 4.64. The number of rotatable bonds is 7. The Morgan fingerprint density at radius 3 is 2.59 bits per heavy atom. The normalized spacial score (nSPS) is 15.7. The molecule has 0 saturated carbocycles. The molecule has 1 atom stereocenters. The zero-order valence-corrected chi connectivity index (χ0v) is 17.4. The Labute approximate surface area is 173 Å². The predicted octanol–water partition coefficient (Wildman–Crippen LogP) is 0.854. The van der Waals surface area contributed by atoms with E-state index in [0.717, 1.165) is 40.9 Å². The molecule has 10 heteroatoms. The Kier molecular flexibility index (Phi) is 6.56. The van der Waals surface area contributed by atoms with Crippen LogP contribution in [-0.4, -0.2) is 65.6 Å². The highest BCUT2D eigenvalue weighted by Crippen LogP contribution is 2.37. The maximum absolute atomic E-state index is 12.4. The first-order valence-corrected chi connectivity index (χ1v) is 10.6. The molecule has 1 saturated heterocycles. The number of nitrogen functional groups attached to an aromatic ring is 1. The van der Waals surface area contributed by atoms with Crippen LogP contribution in [0.15, 0.2) is 6.07 Å². The van der Waals surface area contributed by atoms with Crippen molar-refractivity contribution < 1.29 is 14.7 Å². The summed E-state index contributed by atoms with van der Waals surface area (Å²) in [6.07, 6.45) is 2.18. The molecule has 1 aliphatic rings. The average Bonchev–Trinajstić information content (AvgIpc) is 3.05. The van der Waals surface area contributed by atoms with Gasteiger partial charge in [-0.1, -0.05) is 13.3 Å². The van der Waals surface area contributed by atoms with E-state index in [1.807, 2.05) is 6.07 Å². The van der Waals surface area contributed by atoms with Gasteiger partial charge in [0.25, 0.3) is 0 Å². The Balaban J connectivity index is 1.84. The third-order valence-electron chi connectivity index (χ3n) is 5.19. The minimum atomic E-state index is -1.03. The first kappa shape index (κ1) is 21.3.